The Kier molecular flexibility index (Phi) is 5.10. The molecule has 1 fully saturated rings. The predicted octanol–water partition coefficient (Wildman–Crippen LogP) is 4.27. The van der Waals surface area contributed by atoms with Crippen molar-refractivity contribution in [3.63, 3.8) is 0 Å². The van der Waals surface area contributed by atoms with Crippen molar-refractivity contribution in [3.8, 4) is 0 Å². The smallest absolute Gasteiger partial charge is 0.244 e. The largest absolute Gasteiger partial charge is 0.323 e. The van der Waals surface area contributed by atoms with Gasteiger partial charge in [0.25, 0.3) is 0 Å². The summed E-state index contributed by atoms with van der Waals surface area (Å²) in [4.78, 5) is 12.6. The number of anilines is 1. The topological polar surface area (TPSA) is 41.1 Å². The van der Waals surface area contributed by atoms with Crippen molar-refractivity contribution >= 4 is 39.1 Å². The number of hydrogen-bond acceptors (Lipinski definition) is 2. The molecule has 1 aliphatic rings. The molecule has 1 heterocycles. The molecule has 1 aromatic rings. The molecule has 0 aliphatic carbocycles. The van der Waals surface area contributed by atoms with Gasteiger partial charge in [-0.25, -0.2) is 0 Å². The van der Waals surface area contributed by atoms with Crippen LogP contribution in [-0.2, 0) is 4.79 Å². The predicted molar refractivity (Wildman–Crippen MR) is 87.4 cm³/mol. The van der Waals surface area contributed by atoms with E-state index in [0.717, 1.165) is 48.0 Å². The Bertz CT molecular complexity index is 513. The number of carbonyl (C=O) groups is 1. The Balaban J connectivity index is 2.20. The number of rotatable bonds is 4. The Morgan fingerprint density at radius 3 is 2.90 bits per heavy atom. The molecule has 1 saturated heterocycles. The summed E-state index contributed by atoms with van der Waals surface area (Å²) in [6, 6.07) is 3.72. The molecule has 1 unspecified atom stereocenters. The minimum atomic E-state index is -0.425. The molecule has 1 atom stereocenters. The van der Waals surface area contributed by atoms with Crippen LogP contribution in [0.2, 0.25) is 5.02 Å². The zero-order valence-electron chi connectivity index (χ0n) is 11.9. The van der Waals surface area contributed by atoms with Gasteiger partial charge >= 0.3 is 0 Å². The maximum atomic E-state index is 12.6. The molecule has 3 nitrogen and oxygen atoms in total. The molecule has 110 valence electrons. The van der Waals surface area contributed by atoms with Crippen molar-refractivity contribution in [2.45, 2.75) is 45.1 Å². The van der Waals surface area contributed by atoms with E-state index in [9.17, 15) is 4.79 Å². The van der Waals surface area contributed by atoms with Crippen molar-refractivity contribution in [1.29, 1.82) is 0 Å². The van der Waals surface area contributed by atoms with Crippen LogP contribution >= 0.6 is 27.5 Å². The highest BCUT2D eigenvalue weighted by molar-refractivity contribution is 9.10. The summed E-state index contributed by atoms with van der Waals surface area (Å²) in [6.45, 7) is 4.95. The molecular formula is C15H20BrClN2O. The van der Waals surface area contributed by atoms with Gasteiger partial charge in [-0.3, -0.25) is 4.79 Å². The number of carbonyl (C=O) groups excluding carboxylic acids is 1. The molecule has 2 rings (SSSR count). The van der Waals surface area contributed by atoms with E-state index in [1.807, 2.05) is 13.0 Å². The molecule has 1 aliphatic heterocycles. The van der Waals surface area contributed by atoms with E-state index in [1.165, 1.54) is 0 Å². The molecule has 5 heteroatoms. The Hall–Kier alpha value is -0.580. The van der Waals surface area contributed by atoms with E-state index in [2.05, 4.69) is 33.5 Å². The zero-order chi connectivity index (χ0) is 14.8. The second kappa shape index (κ2) is 6.46. The standard InChI is InChI=1S/C15H20BrClN2O/c1-3-5-15(6-4-7-18-15)14(20)19-13-9-12(17)10(2)8-11(13)16/h8-9,18H,3-7H2,1-2H3,(H,19,20). The summed E-state index contributed by atoms with van der Waals surface area (Å²) in [5, 5.41) is 7.05. The number of hydrogen-bond donors (Lipinski definition) is 2. The van der Waals surface area contributed by atoms with Crippen LogP contribution < -0.4 is 10.6 Å². The minimum absolute atomic E-state index is 0.0393. The SMILES string of the molecule is CCCC1(C(=O)Nc2cc(Cl)c(C)cc2Br)CCCN1. The van der Waals surface area contributed by atoms with Gasteiger partial charge in [0, 0.05) is 9.50 Å². The zero-order valence-corrected chi connectivity index (χ0v) is 14.2. The molecule has 1 amide bonds. The lowest BCUT2D eigenvalue weighted by Crippen LogP contribution is -2.50. The molecule has 0 spiro atoms. The average molecular weight is 360 g/mol. The van der Waals surface area contributed by atoms with Crippen molar-refractivity contribution < 1.29 is 4.79 Å². The molecular weight excluding hydrogens is 340 g/mol. The van der Waals surface area contributed by atoms with Crippen LogP contribution in [0.4, 0.5) is 5.69 Å². The third-order valence-corrected chi connectivity index (χ3v) is 4.91. The maximum absolute atomic E-state index is 12.6. The summed E-state index contributed by atoms with van der Waals surface area (Å²) in [6.07, 6.45) is 3.78. The van der Waals surface area contributed by atoms with Gasteiger partial charge in [0.2, 0.25) is 5.91 Å². The van der Waals surface area contributed by atoms with Gasteiger partial charge in [-0.15, -0.1) is 0 Å². The van der Waals surface area contributed by atoms with E-state index >= 15 is 0 Å². The monoisotopic (exact) mass is 358 g/mol. The van der Waals surface area contributed by atoms with E-state index in [4.69, 9.17) is 11.6 Å². The van der Waals surface area contributed by atoms with Gasteiger partial charge in [-0.05, 0) is 66.4 Å². The second-order valence-electron chi connectivity index (χ2n) is 5.40. The second-order valence-corrected chi connectivity index (χ2v) is 6.66. The summed E-state index contributed by atoms with van der Waals surface area (Å²) < 4.78 is 0.859. The highest BCUT2D eigenvalue weighted by Crippen LogP contribution is 2.32. The van der Waals surface area contributed by atoms with Crippen LogP contribution in [0, 0.1) is 6.92 Å². The highest BCUT2D eigenvalue weighted by Gasteiger charge is 2.40. The van der Waals surface area contributed by atoms with Crippen molar-refractivity contribution in [3.05, 3.63) is 27.2 Å². The van der Waals surface area contributed by atoms with E-state index < -0.39 is 5.54 Å². The quantitative estimate of drug-likeness (QED) is 0.843. The lowest BCUT2D eigenvalue weighted by Gasteiger charge is -2.28. The Labute approximate surface area is 133 Å². The molecule has 0 aromatic heterocycles. The Morgan fingerprint density at radius 2 is 2.30 bits per heavy atom. The van der Waals surface area contributed by atoms with Gasteiger partial charge in [0.15, 0.2) is 0 Å². The van der Waals surface area contributed by atoms with Gasteiger partial charge in [0.1, 0.15) is 0 Å². The molecule has 20 heavy (non-hydrogen) atoms. The van der Waals surface area contributed by atoms with Crippen LogP contribution in [-0.4, -0.2) is 18.0 Å². The summed E-state index contributed by atoms with van der Waals surface area (Å²) in [5.74, 6) is 0.0393. The van der Waals surface area contributed by atoms with Gasteiger partial charge in [-0.1, -0.05) is 24.9 Å². The fourth-order valence-corrected chi connectivity index (χ4v) is 3.46. The fourth-order valence-electron chi connectivity index (χ4n) is 2.74. The fraction of sp³-hybridized carbons (Fsp3) is 0.533. The van der Waals surface area contributed by atoms with E-state index in [0.29, 0.717) is 5.02 Å². The third-order valence-electron chi connectivity index (χ3n) is 3.85. The maximum Gasteiger partial charge on any atom is 0.244 e. The normalized spacial score (nSPS) is 22.0. The first-order valence-electron chi connectivity index (χ1n) is 7.00. The number of benzene rings is 1. The first-order chi connectivity index (χ1) is 9.48. The van der Waals surface area contributed by atoms with Crippen molar-refractivity contribution in [2.75, 3.05) is 11.9 Å². The van der Waals surface area contributed by atoms with Crippen molar-refractivity contribution in [1.82, 2.24) is 5.32 Å². The minimum Gasteiger partial charge on any atom is -0.323 e. The average Bonchev–Trinajstić information content (AvgIpc) is 2.86. The Morgan fingerprint density at radius 1 is 1.55 bits per heavy atom. The molecule has 0 radical (unpaired) electrons. The van der Waals surface area contributed by atoms with Gasteiger partial charge < -0.3 is 10.6 Å². The van der Waals surface area contributed by atoms with Crippen LogP contribution in [0.25, 0.3) is 0 Å². The first-order valence-corrected chi connectivity index (χ1v) is 8.18. The molecule has 1 aromatic carbocycles. The highest BCUT2D eigenvalue weighted by atomic mass is 79.9. The van der Waals surface area contributed by atoms with Crippen LogP contribution in [0.1, 0.15) is 38.2 Å². The lowest BCUT2D eigenvalue weighted by molar-refractivity contribution is -0.122. The summed E-state index contributed by atoms with van der Waals surface area (Å²) in [5.41, 5.74) is 1.29. The van der Waals surface area contributed by atoms with E-state index in [1.54, 1.807) is 6.07 Å². The van der Waals surface area contributed by atoms with Crippen molar-refractivity contribution in [2.24, 2.45) is 0 Å². The summed E-state index contributed by atoms with van der Waals surface area (Å²) >= 11 is 9.62. The summed E-state index contributed by atoms with van der Waals surface area (Å²) in [7, 11) is 0. The van der Waals surface area contributed by atoms with Gasteiger partial charge in [-0.2, -0.15) is 0 Å². The van der Waals surface area contributed by atoms with Crippen LogP contribution in [0.15, 0.2) is 16.6 Å². The lowest BCUT2D eigenvalue weighted by atomic mass is 9.90. The van der Waals surface area contributed by atoms with Crippen LogP contribution in [0.3, 0.4) is 0 Å². The molecule has 0 saturated carbocycles. The number of nitrogens with one attached hydrogen (secondary N) is 2. The van der Waals surface area contributed by atoms with Crippen LogP contribution in [0.5, 0.6) is 0 Å². The number of halogens is 2. The third kappa shape index (κ3) is 3.18. The van der Waals surface area contributed by atoms with E-state index in [-0.39, 0.29) is 5.91 Å². The molecule has 0 bridgehead atoms. The number of aryl methyl sites for hydroxylation is 1. The molecule has 2 N–H and O–H groups in total. The first kappa shape index (κ1) is 15.8. The number of amides is 1. The van der Waals surface area contributed by atoms with Gasteiger partial charge in [0.05, 0.1) is 11.2 Å².